The standard InChI is InChI=1S/C9H14N2OS/c10-11-9(12)6-2-1-4-8-5-3-7-13-8/h3,5,7H,1-2,4,6,10H2,(H,11,12). The number of rotatable bonds is 5. The van der Waals surface area contributed by atoms with Gasteiger partial charge in [-0.1, -0.05) is 6.07 Å². The third kappa shape index (κ3) is 4.05. The molecule has 0 unspecified atom stereocenters. The molecule has 0 spiro atoms. The van der Waals surface area contributed by atoms with Gasteiger partial charge in [0.2, 0.25) is 5.91 Å². The predicted octanol–water partition coefficient (Wildman–Crippen LogP) is 1.45. The Balaban J connectivity index is 2.05. The molecular weight excluding hydrogens is 184 g/mol. The maximum absolute atomic E-state index is 10.7. The molecule has 0 atom stereocenters. The van der Waals surface area contributed by atoms with Crippen LogP contribution in [0.4, 0.5) is 0 Å². The highest BCUT2D eigenvalue weighted by molar-refractivity contribution is 7.09. The Labute approximate surface area is 81.9 Å². The predicted molar refractivity (Wildman–Crippen MR) is 54.2 cm³/mol. The summed E-state index contributed by atoms with van der Waals surface area (Å²) in [5, 5.41) is 2.07. The molecule has 0 radical (unpaired) electrons. The van der Waals surface area contributed by atoms with Crippen LogP contribution in [-0.4, -0.2) is 5.91 Å². The second-order valence-corrected chi connectivity index (χ2v) is 3.89. The number of hydrogen-bond acceptors (Lipinski definition) is 3. The molecule has 0 bridgehead atoms. The molecule has 4 heteroatoms. The molecule has 0 fully saturated rings. The zero-order valence-corrected chi connectivity index (χ0v) is 8.27. The van der Waals surface area contributed by atoms with Crippen molar-refractivity contribution in [3.05, 3.63) is 22.4 Å². The molecule has 3 N–H and O–H groups in total. The van der Waals surface area contributed by atoms with E-state index in [2.05, 4.69) is 16.9 Å². The zero-order valence-electron chi connectivity index (χ0n) is 7.45. The average Bonchev–Trinajstić information content (AvgIpc) is 2.64. The Morgan fingerprint density at radius 3 is 3.00 bits per heavy atom. The maximum Gasteiger partial charge on any atom is 0.233 e. The molecule has 72 valence electrons. The van der Waals surface area contributed by atoms with E-state index in [1.165, 1.54) is 4.88 Å². The summed E-state index contributed by atoms with van der Waals surface area (Å²) in [5.74, 6) is 4.87. The molecular formula is C9H14N2OS. The molecule has 1 rings (SSSR count). The van der Waals surface area contributed by atoms with Gasteiger partial charge in [-0.3, -0.25) is 10.2 Å². The van der Waals surface area contributed by atoms with Crippen LogP contribution in [0, 0.1) is 0 Å². The Morgan fingerprint density at radius 2 is 2.38 bits per heavy atom. The van der Waals surface area contributed by atoms with Gasteiger partial charge in [0.25, 0.3) is 0 Å². The highest BCUT2D eigenvalue weighted by Gasteiger charge is 1.98. The molecule has 1 aromatic heterocycles. The van der Waals surface area contributed by atoms with E-state index in [0.29, 0.717) is 6.42 Å². The summed E-state index contributed by atoms with van der Waals surface area (Å²) in [4.78, 5) is 12.1. The van der Waals surface area contributed by atoms with E-state index in [9.17, 15) is 4.79 Å². The smallest absolute Gasteiger partial charge is 0.233 e. The lowest BCUT2D eigenvalue weighted by atomic mass is 10.2. The molecule has 1 heterocycles. The summed E-state index contributed by atoms with van der Waals surface area (Å²) in [6.45, 7) is 0. The minimum absolute atomic E-state index is 0.0776. The Morgan fingerprint density at radius 1 is 1.54 bits per heavy atom. The molecule has 0 aliphatic heterocycles. The molecule has 0 saturated heterocycles. The minimum Gasteiger partial charge on any atom is -0.294 e. The van der Waals surface area contributed by atoms with Crippen LogP contribution in [0.3, 0.4) is 0 Å². The minimum atomic E-state index is -0.0776. The van der Waals surface area contributed by atoms with Gasteiger partial charge in [0.05, 0.1) is 0 Å². The van der Waals surface area contributed by atoms with Crippen molar-refractivity contribution in [3.63, 3.8) is 0 Å². The normalized spacial score (nSPS) is 9.92. The number of nitrogens with two attached hydrogens (primary N) is 1. The number of nitrogens with one attached hydrogen (secondary N) is 1. The van der Waals surface area contributed by atoms with Crippen LogP contribution in [-0.2, 0) is 11.2 Å². The van der Waals surface area contributed by atoms with Crippen molar-refractivity contribution >= 4 is 17.2 Å². The van der Waals surface area contributed by atoms with Crippen molar-refractivity contribution < 1.29 is 4.79 Å². The van der Waals surface area contributed by atoms with Crippen molar-refractivity contribution in [1.29, 1.82) is 0 Å². The van der Waals surface area contributed by atoms with E-state index < -0.39 is 0 Å². The molecule has 0 aliphatic carbocycles. The van der Waals surface area contributed by atoms with Gasteiger partial charge in [-0.05, 0) is 30.7 Å². The van der Waals surface area contributed by atoms with Gasteiger partial charge in [-0.25, -0.2) is 5.84 Å². The van der Waals surface area contributed by atoms with E-state index in [-0.39, 0.29) is 5.91 Å². The fraction of sp³-hybridized carbons (Fsp3) is 0.444. The number of hydrazine groups is 1. The first kappa shape index (κ1) is 10.2. The monoisotopic (exact) mass is 198 g/mol. The van der Waals surface area contributed by atoms with Gasteiger partial charge < -0.3 is 0 Å². The van der Waals surface area contributed by atoms with Crippen LogP contribution >= 0.6 is 11.3 Å². The lowest BCUT2D eigenvalue weighted by Gasteiger charge is -1.98. The van der Waals surface area contributed by atoms with E-state index in [4.69, 9.17) is 5.84 Å². The van der Waals surface area contributed by atoms with E-state index in [1.54, 1.807) is 11.3 Å². The lowest BCUT2D eigenvalue weighted by molar-refractivity contribution is -0.121. The molecule has 0 aliphatic rings. The Bertz CT molecular complexity index is 246. The van der Waals surface area contributed by atoms with Crippen LogP contribution in [0.15, 0.2) is 17.5 Å². The van der Waals surface area contributed by atoms with Gasteiger partial charge in [0.1, 0.15) is 0 Å². The highest BCUT2D eigenvalue weighted by Crippen LogP contribution is 2.12. The van der Waals surface area contributed by atoms with Gasteiger partial charge in [0.15, 0.2) is 0 Å². The first-order valence-corrected chi connectivity index (χ1v) is 5.22. The van der Waals surface area contributed by atoms with Gasteiger partial charge in [-0.15, -0.1) is 11.3 Å². The summed E-state index contributed by atoms with van der Waals surface area (Å²) in [7, 11) is 0. The number of carbonyl (C=O) groups is 1. The number of unbranched alkanes of at least 4 members (excludes halogenated alkanes) is 1. The van der Waals surface area contributed by atoms with Crippen molar-refractivity contribution in [3.8, 4) is 0 Å². The number of aryl methyl sites for hydroxylation is 1. The SMILES string of the molecule is NNC(=O)CCCCc1cccs1. The number of thiophene rings is 1. The number of hydrogen-bond donors (Lipinski definition) is 2. The summed E-state index contributed by atoms with van der Waals surface area (Å²) >= 11 is 1.76. The summed E-state index contributed by atoms with van der Waals surface area (Å²) in [6.07, 6.45) is 3.55. The fourth-order valence-corrected chi connectivity index (χ4v) is 1.86. The van der Waals surface area contributed by atoms with E-state index in [0.717, 1.165) is 19.3 Å². The molecule has 13 heavy (non-hydrogen) atoms. The second kappa shape index (κ2) is 5.72. The summed E-state index contributed by atoms with van der Waals surface area (Å²) in [6, 6.07) is 4.17. The van der Waals surface area contributed by atoms with Crippen molar-refractivity contribution in [2.45, 2.75) is 25.7 Å². The maximum atomic E-state index is 10.7. The third-order valence-electron chi connectivity index (χ3n) is 1.82. The van der Waals surface area contributed by atoms with Crippen LogP contribution in [0.1, 0.15) is 24.1 Å². The third-order valence-corrected chi connectivity index (χ3v) is 2.75. The van der Waals surface area contributed by atoms with Crippen LogP contribution < -0.4 is 11.3 Å². The van der Waals surface area contributed by atoms with Crippen LogP contribution in [0.2, 0.25) is 0 Å². The Kier molecular flexibility index (Phi) is 4.49. The van der Waals surface area contributed by atoms with Crippen LogP contribution in [0.25, 0.3) is 0 Å². The first-order chi connectivity index (χ1) is 6.33. The van der Waals surface area contributed by atoms with E-state index >= 15 is 0 Å². The first-order valence-electron chi connectivity index (χ1n) is 4.35. The summed E-state index contributed by atoms with van der Waals surface area (Å²) < 4.78 is 0. The van der Waals surface area contributed by atoms with Crippen molar-refractivity contribution in [2.75, 3.05) is 0 Å². The van der Waals surface area contributed by atoms with Crippen LogP contribution in [0.5, 0.6) is 0 Å². The molecule has 0 aromatic carbocycles. The summed E-state index contributed by atoms with van der Waals surface area (Å²) in [5.41, 5.74) is 2.12. The quantitative estimate of drug-likeness (QED) is 0.325. The van der Waals surface area contributed by atoms with Crippen molar-refractivity contribution in [2.24, 2.45) is 5.84 Å². The Hall–Kier alpha value is -0.870. The fourth-order valence-electron chi connectivity index (χ4n) is 1.11. The van der Waals surface area contributed by atoms with Gasteiger partial charge >= 0.3 is 0 Å². The second-order valence-electron chi connectivity index (χ2n) is 2.85. The molecule has 1 aromatic rings. The highest BCUT2D eigenvalue weighted by atomic mass is 32.1. The van der Waals surface area contributed by atoms with Crippen molar-refractivity contribution in [1.82, 2.24) is 5.43 Å². The largest absolute Gasteiger partial charge is 0.294 e. The van der Waals surface area contributed by atoms with Gasteiger partial charge in [-0.2, -0.15) is 0 Å². The number of carbonyl (C=O) groups excluding carboxylic acids is 1. The molecule has 0 saturated carbocycles. The van der Waals surface area contributed by atoms with E-state index in [1.807, 2.05) is 6.07 Å². The number of amides is 1. The topological polar surface area (TPSA) is 55.1 Å². The van der Waals surface area contributed by atoms with Gasteiger partial charge in [0, 0.05) is 11.3 Å². The molecule has 3 nitrogen and oxygen atoms in total. The average molecular weight is 198 g/mol. The lowest BCUT2D eigenvalue weighted by Crippen LogP contribution is -2.29. The zero-order chi connectivity index (χ0) is 9.52. The molecule has 1 amide bonds.